The monoisotopic (exact) mass is 492 g/mol. The van der Waals surface area contributed by atoms with Gasteiger partial charge in [-0.2, -0.15) is 8.42 Å². The molecule has 0 unspecified atom stereocenters. The van der Waals surface area contributed by atoms with E-state index in [1.165, 1.54) is 24.3 Å². The van der Waals surface area contributed by atoms with Crippen LogP contribution in [0.15, 0.2) is 33.6 Å². The number of sulfonamides is 1. The molecular formula is C13H4F5INO4S-. The molecule has 0 fully saturated rings. The van der Waals surface area contributed by atoms with Crippen LogP contribution in [0, 0.1) is 32.7 Å². The number of ether oxygens (including phenoxy) is 1. The van der Waals surface area contributed by atoms with Gasteiger partial charge < -0.3 is 9.84 Å². The van der Waals surface area contributed by atoms with Gasteiger partial charge >= 0.3 is 0 Å². The number of hydrogen-bond donors (Lipinski definition) is 0. The van der Waals surface area contributed by atoms with Gasteiger partial charge in [0.25, 0.3) is 10.0 Å². The molecule has 0 bridgehead atoms. The third-order valence-corrected chi connectivity index (χ3v) is 4.62. The van der Waals surface area contributed by atoms with Crippen molar-refractivity contribution in [3.05, 3.63) is 56.9 Å². The van der Waals surface area contributed by atoms with Crippen molar-refractivity contribution < 1.29 is 40.2 Å². The summed E-state index contributed by atoms with van der Waals surface area (Å²) in [5, 5.41) is 11.5. The predicted molar refractivity (Wildman–Crippen MR) is 80.6 cm³/mol. The van der Waals surface area contributed by atoms with E-state index < -0.39 is 50.1 Å². The lowest BCUT2D eigenvalue weighted by Gasteiger charge is -2.14. The molecule has 0 saturated heterocycles. The molecule has 0 heterocycles. The Morgan fingerprint density at radius 2 is 1.36 bits per heavy atom. The Kier molecular flexibility index (Phi) is 5.51. The summed E-state index contributed by atoms with van der Waals surface area (Å²) in [6, 6.07) is 5.50. The van der Waals surface area contributed by atoms with E-state index in [0.29, 0.717) is 0 Å². The van der Waals surface area contributed by atoms with Gasteiger partial charge in [-0.05, 0) is 46.9 Å². The fraction of sp³-hybridized carbons (Fsp3) is 0. The van der Waals surface area contributed by atoms with Crippen molar-refractivity contribution in [1.29, 1.82) is 0 Å². The molecule has 0 atom stereocenters. The smallest absolute Gasteiger partial charge is 0.290 e. The maximum atomic E-state index is 13.5. The first-order chi connectivity index (χ1) is 11.5. The van der Waals surface area contributed by atoms with Crippen LogP contribution in [0.3, 0.4) is 0 Å². The third kappa shape index (κ3) is 4.00. The second kappa shape index (κ2) is 7.11. The Balaban J connectivity index is 2.47. The van der Waals surface area contributed by atoms with Crippen LogP contribution in [0.25, 0.3) is 0 Å². The topological polar surface area (TPSA) is 78.8 Å². The number of hydrogen-bond acceptors (Lipinski definition) is 4. The number of rotatable bonds is 3. The largest absolute Gasteiger partial charge is 0.566 e. The molecule has 2 aromatic rings. The van der Waals surface area contributed by atoms with E-state index >= 15 is 0 Å². The van der Waals surface area contributed by atoms with E-state index in [2.05, 4.69) is 9.13 Å². The van der Waals surface area contributed by atoms with Gasteiger partial charge in [0, 0.05) is 9.32 Å². The molecule has 2 rings (SSSR count). The zero-order valence-corrected chi connectivity index (χ0v) is 14.5. The molecule has 0 aromatic heterocycles. The SMILES string of the molecule is O=S(=O)(/N=C(/[O-])Oc1ccc(I)cc1)c1c(F)c(F)c(F)c(F)c1F. The van der Waals surface area contributed by atoms with Crippen molar-refractivity contribution in [3.63, 3.8) is 0 Å². The Labute approximate surface area is 151 Å². The van der Waals surface area contributed by atoms with Gasteiger partial charge in [0.1, 0.15) is 0 Å². The van der Waals surface area contributed by atoms with Gasteiger partial charge in [-0.15, -0.1) is 4.40 Å². The summed E-state index contributed by atoms with van der Waals surface area (Å²) in [5.41, 5.74) is 0. The lowest BCUT2D eigenvalue weighted by molar-refractivity contribution is -0.239. The summed E-state index contributed by atoms with van der Waals surface area (Å²) in [6.07, 6.45) is -1.83. The van der Waals surface area contributed by atoms with Crippen molar-refractivity contribution in [3.8, 4) is 5.75 Å². The molecule has 134 valence electrons. The maximum Gasteiger partial charge on any atom is 0.290 e. The highest BCUT2D eigenvalue weighted by Crippen LogP contribution is 2.28. The normalized spacial score (nSPS) is 12.3. The molecule has 0 spiro atoms. The molecule has 5 nitrogen and oxygen atoms in total. The summed E-state index contributed by atoms with van der Waals surface area (Å²) in [6.45, 7) is 0. The van der Waals surface area contributed by atoms with Gasteiger partial charge in [0.2, 0.25) is 5.82 Å². The van der Waals surface area contributed by atoms with Crippen LogP contribution in [0.1, 0.15) is 0 Å². The fourth-order valence-corrected chi connectivity index (χ4v) is 2.89. The standard InChI is InChI=1S/C13H5F5INO4S/c14-7-8(15)10(17)12(11(18)9(7)16)25(22,23)20-13(21)24-6-3-1-5(19)2-4-6/h1-4H,(H,20,21)/p-1. The molecular weight excluding hydrogens is 488 g/mol. The molecule has 0 N–H and O–H groups in total. The molecule has 0 aliphatic heterocycles. The fourth-order valence-electron chi connectivity index (χ4n) is 1.58. The summed E-state index contributed by atoms with van der Waals surface area (Å²) in [4.78, 5) is -2.25. The van der Waals surface area contributed by atoms with E-state index in [9.17, 15) is 35.5 Å². The maximum absolute atomic E-state index is 13.5. The van der Waals surface area contributed by atoms with Crippen LogP contribution in [0.2, 0.25) is 0 Å². The molecule has 0 aliphatic carbocycles. The summed E-state index contributed by atoms with van der Waals surface area (Å²) < 4.78 is 97.2. The van der Waals surface area contributed by atoms with Crippen LogP contribution in [0.4, 0.5) is 22.0 Å². The Hall–Kier alpha value is -1.96. The lowest BCUT2D eigenvalue weighted by atomic mass is 10.3. The minimum absolute atomic E-state index is 0.151. The minimum Gasteiger partial charge on any atom is -0.566 e. The Morgan fingerprint density at radius 3 is 1.84 bits per heavy atom. The van der Waals surface area contributed by atoms with Gasteiger partial charge in [-0.3, -0.25) is 0 Å². The van der Waals surface area contributed by atoms with Gasteiger partial charge in [0.05, 0.1) is 0 Å². The van der Waals surface area contributed by atoms with Crippen molar-refractivity contribution >= 4 is 38.7 Å². The number of nitrogens with zero attached hydrogens (tertiary/aromatic N) is 1. The van der Waals surface area contributed by atoms with E-state index in [4.69, 9.17) is 0 Å². The van der Waals surface area contributed by atoms with E-state index in [0.717, 1.165) is 3.57 Å². The Morgan fingerprint density at radius 1 is 0.920 bits per heavy atom. The molecule has 0 saturated carbocycles. The van der Waals surface area contributed by atoms with Crippen LogP contribution in [0.5, 0.6) is 5.75 Å². The highest BCUT2D eigenvalue weighted by molar-refractivity contribution is 14.1. The van der Waals surface area contributed by atoms with Crippen molar-refractivity contribution in [2.24, 2.45) is 4.40 Å². The van der Waals surface area contributed by atoms with Crippen molar-refractivity contribution in [2.75, 3.05) is 0 Å². The first kappa shape index (κ1) is 19.4. The van der Waals surface area contributed by atoms with E-state index in [-0.39, 0.29) is 5.75 Å². The lowest BCUT2D eigenvalue weighted by Crippen LogP contribution is -2.26. The summed E-state index contributed by atoms with van der Waals surface area (Å²) in [5.74, 6) is -12.9. The predicted octanol–water partition coefficient (Wildman–Crippen LogP) is 2.47. The Bertz CT molecular complexity index is 934. The average Bonchev–Trinajstić information content (AvgIpc) is 2.52. The first-order valence-corrected chi connectivity index (χ1v) is 8.53. The second-order valence-corrected chi connectivity index (χ2v) is 7.07. The molecule has 0 amide bonds. The van der Waals surface area contributed by atoms with Crippen molar-refractivity contribution in [2.45, 2.75) is 4.90 Å². The zero-order chi connectivity index (χ0) is 18.9. The average molecular weight is 492 g/mol. The number of halogens is 6. The summed E-state index contributed by atoms with van der Waals surface area (Å²) in [7, 11) is -5.56. The molecule has 0 aliphatic rings. The molecule has 12 heteroatoms. The highest BCUT2D eigenvalue weighted by atomic mass is 127. The zero-order valence-electron chi connectivity index (χ0n) is 11.6. The quantitative estimate of drug-likeness (QED) is 0.165. The molecule has 0 radical (unpaired) electrons. The summed E-state index contributed by atoms with van der Waals surface area (Å²) >= 11 is 1.93. The van der Waals surface area contributed by atoms with E-state index in [1.54, 1.807) is 0 Å². The van der Waals surface area contributed by atoms with Crippen LogP contribution < -0.4 is 9.84 Å². The molecule has 25 heavy (non-hydrogen) atoms. The third-order valence-electron chi connectivity index (χ3n) is 2.64. The van der Waals surface area contributed by atoms with Crippen molar-refractivity contribution in [1.82, 2.24) is 0 Å². The second-order valence-electron chi connectivity index (χ2n) is 4.29. The molecule has 2 aromatic carbocycles. The van der Waals surface area contributed by atoms with Gasteiger partial charge in [0.15, 0.2) is 34.2 Å². The van der Waals surface area contributed by atoms with Crippen LogP contribution >= 0.6 is 22.6 Å². The van der Waals surface area contributed by atoms with E-state index in [1.807, 2.05) is 22.6 Å². The first-order valence-electron chi connectivity index (χ1n) is 6.01. The van der Waals surface area contributed by atoms with Crippen LogP contribution in [-0.4, -0.2) is 14.5 Å². The minimum atomic E-state index is -5.56. The van der Waals surface area contributed by atoms with Gasteiger partial charge in [-0.1, -0.05) is 0 Å². The highest BCUT2D eigenvalue weighted by Gasteiger charge is 2.33. The number of benzene rings is 2. The van der Waals surface area contributed by atoms with Gasteiger partial charge in [-0.25, -0.2) is 22.0 Å². The van der Waals surface area contributed by atoms with Crippen LogP contribution in [-0.2, 0) is 10.0 Å².